The van der Waals surface area contributed by atoms with E-state index in [1.54, 1.807) is 33.8 Å². The van der Waals surface area contributed by atoms with Gasteiger partial charge in [-0.15, -0.1) is 0 Å². The quantitative estimate of drug-likeness (QED) is 0.146. The first-order chi connectivity index (χ1) is 26.2. The van der Waals surface area contributed by atoms with Gasteiger partial charge in [0.2, 0.25) is 5.78 Å². The smallest absolute Gasteiger partial charge is 0.303 e. The van der Waals surface area contributed by atoms with Crippen molar-refractivity contribution in [3.8, 4) is 5.75 Å². The zero-order valence-electron chi connectivity index (χ0n) is 33.9. The second-order valence-electron chi connectivity index (χ2n) is 16.7. The second kappa shape index (κ2) is 14.0. The number of carbonyl (C=O) groups excluding carboxylic acids is 3. The minimum Gasteiger partial charge on any atom is -0.507 e. The SMILES string of the molecule is C/C=C/C1OC1(C)c1cc(=O)c2c(C)cc3c(c2o1)C(=O)c1c(O)c(C2CC(C)(N(C)C)C(OC(C)=O)C(C)O2)cc(C2CC(N(C)C)C(O)C(C)O2)c1C3=O. The highest BCUT2D eigenvalue weighted by molar-refractivity contribution is 6.33. The van der Waals surface area contributed by atoms with Crippen molar-refractivity contribution in [3.63, 3.8) is 0 Å². The van der Waals surface area contributed by atoms with Gasteiger partial charge in [0.1, 0.15) is 29.3 Å². The molecule has 300 valence electrons. The van der Waals surface area contributed by atoms with Gasteiger partial charge >= 0.3 is 5.97 Å². The molecule has 10 unspecified atom stereocenters. The summed E-state index contributed by atoms with van der Waals surface area (Å²) >= 11 is 0. The molecule has 2 N–H and O–H groups in total. The molecule has 2 aromatic carbocycles. The fourth-order valence-electron chi connectivity index (χ4n) is 9.12. The number of ketones is 2. The molecule has 0 spiro atoms. The number of epoxide rings is 1. The highest BCUT2D eigenvalue weighted by Gasteiger charge is 2.55. The number of hydrogen-bond donors (Lipinski definition) is 2. The van der Waals surface area contributed by atoms with Crippen molar-refractivity contribution in [3.05, 3.63) is 85.3 Å². The van der Waals surface area contributed by atoms with Gasteiger partial charge in [-0.05, 0) is 106 Å². The first-order valence-corrected chi connectivity index (χ1v) is 19.2. The van der Waals surface area contributed by atoms with Gasteiger partial charge in [-0.2, -0.15) is 0 Å². The molecule has 13 heteroatoms. The first-order valence-electron chi connectivity index (χ1n) is 19.2. The summed E-state index contributed by atoms with van der Waals surface area (Å²) in [7, 11) is 7.45. The maximum atomic E-state index is 15.2. The number of allylic oxidation sites excluding steroid dienone is 1. The number of aromatic hydroxyl groups is 1. The Hall–Kier alpha value is -4.24. The van der Waals surface area contributed by atoms with Crippen molar-refractivity contribution in [2.45, 2.75) is 121 Å². The summed E-state index contributed by atoms with van der Waals surface area (Å²) in [6, 6.07) is 4.22. The number of aliphatic hydroxyl groups excluding tert-OH is 1. The fourth-order valence-corrected chi connectivity index (χ4v) is 9.12. The van der Waals surface area contributed by atoms with E-state index < -0.39 is 76.5 Å². The number of nitrogens with zero attached hydrogens (tertiary/aromatic N) is 2. The van der Waals surface area contributed by atoms with Crippen molar-refractivity contribution in [1.29, 1.82) is 0 Å². The molecule has 1 aromatic heterocycles. The zero-order valence-corrected chi connectivity index (χ0v) is 33.9. The first kappa shape index (κ1) is 40.0. The molecule has 10 atom stereocenters. The van der Waals surface area contributed by atoms with E-state index in [9.17, 15) is 19.8 Å². The molecule has 0 bridgehead atoms. The van der Waals surface area contributed by atoms with Crippen molar-refractivity contribution >= 4 is 28.5 Å². The molecule has 13 nitrogen and oxygen atoms in total. The van der Waals surface area contributed by atoms with Crippen molar-refractivity contribution in [1.82, 2.24) is 9.80 Å². The molecule has 3 saturated heterocycles. The van der Waals surface area contributed by atoms with Crippen LogP contribution in [-0.2, 0) is 29.3 Å². The van der Waals surface area contributed by atoms with Crippen LogP contribution < -0.4 is 5.43 Å². The monoisotopic (exact) mass is 772 g/mol. The van der Waals surface area contributed by atoms with Crippen LogP contribution in [0.3, 0.4) is 0 Å². The van der Waals surface area contributed by atoms with Crippen LogP contribution in [0.4, 0.5) is 0 Å². The third-order valence-corrected chi connectivity index (χ3v) is 12.6. The summed E-state index contributed by atoms with van der Waals surface area (Å²) < 4.78 is 31.1. The fraction of sp³-hybridized carbons (Fsp3) is 0.535. The molecule has 0 saturated carbocycles. The Morgan fingerprint density at radius 2 is 1.62 bits per heavy atom. The number of rotatable bonds is 7. The Labute approximate surface area is 326 Å². The molecule has 56 heavy (non-hydrogen) atoms. The van der Waals surface area contributed by atoms with Crippen LogP contribution in [0.5, 0.6) is 5.75 Å². The van der Waals surface area contributed by atoms with Crippen LogP contribution in [-0.4, -0.2) is 108 Å². The summed E-state index contributed by atoms with van der Waals surface area (Å²) in [5.74, 6) is -1.93. The Morgan fingerprint density at radius 3 is 2.25 bits per heavy atom. The van der Waals surface area contributed by atoms with Gasteiger partial charge in [-0.3, -0.25) is 19.2 Å². The minimum absolute atomic E-state index is 0.0187. The minimum atomic E-state index is -0.959. The van der Waals surface area contributed by atoms with E-state index in [0.29, 0.717) is 11.1 Å². The lowest BCUT2D eigenvalue weighted by atomic mass is 9.74. The summed E-state index contributed by atoms with van der Waals surface area (Å²) in [5.41, 5.74) is -1.48. The molecule has 3 aliphatic heterocycles. The second-order valence-corrected chi connectivity index (χ2v) is 16.7. The highest BCUT2D eigenvalue weighted by Crippen LogP contribution is 2.51. The standard InChI is InChI=1S/C43H52N2O11/c1-12-13-30-43(7,56-30)31-17-27(47)32-19(2)14-25-34(40(32)55-31)39(51)35-33(38(25)50)23(28-16-26(44(8)9)36(48)20(3)52-28)15-24(37(35)49)29-18-42(6,45(10)11)41(21(4)53-29)54-22(5)46/h12-15,17,20-21,26,28-30,36,41,48-49H,16,18H2,1-11H3/b13-12+. The maximum Gasteiger partial charge on any atom is 0.303 e. The number of aliphatic hydroxyl groups is 1. The van der Waals surface area contributed by atoms with E-state index in [4.69, 9.17) is 23.4 Å². The number of phenolic OH excluding ortho intramolecular Hbond substituents is 1. The van der Waals surface area contributed by atoms with E-state index in [1.165, 1.54) is 19.1 Å². The lowest BCUT2D eigenvalue weighted by Gasteiger charge is -2.50. The van der Waals surface area contributed by atoms with Crippen LogP contribution in [0, 0.1) is 6.92 Å². The Kier molecular flexibility index (Phi) is 9.99. The summed E-state index contributed by atoms with van der Waals surface area (Å²) in [4.78, 5) is 60.0. The number of carbonyl (C=O) groups is 3. The number of esters is 1. The number of likely N-dealkylation sites (N-methyl/N-ethyl adjacent to an activating group) is 2. The predicted molar refractivity (Wildman–Crippen MR) is 206 cm³/mol. The third-order valence-electron chi connectivity index (χ3n) is 12.6. The van der Waals surface area contributed by atoms with Crippen molar-refractivity contribution in [2.24, 2.45) is 0 Å². The molecule has 0 radical (unpaired) electrons. The number of fused-ring (bicyclic) bond motifs is 4. The molecule has 4 heterocycles. The highest BCUT2D eigenvalue weighted by atomic mass is 16.6. The van der Waals surface area contributed by atoms with E-state index in [1.807, 2.05) is 64.0 Å². The Morgan fingerprint density at radius 1 is 0.946 bits per heavy atom. The Bertz CT molecular complexity index is 2240. The van der Waals surface area contributed by atoms with Gasteiger partial charge in [0.15, 0.2) is 16.8 Å². The van der Waals surface area contributed by atoms with Crippen LogP contribution in [0.25, 0.3) is 11.0 Å². The number of aryl methyl sites for hydroxylation is 1. The lowest BCUT2D eigenvalue weighted by molar-refractivity contribution is -0.201. The van der Waals surface area contributed by atoms with Gasteiger partial charge in [-0.25, -0.2) is 0 Å². The van der Waals surface area contributed by atoms with Gasteiger partial charge in [0, 0.05) is 35.7 Å². The maximum absolute atomic E-state index is 15.2. The largest absolute Gasteiger partial charge is 0.507 e. The van der Waals surface area contributed by atoms with Crippen molar-refractivity contribution in [2.75, 3.05) is 28.2 Å². The number of ether oxygens (including phenoxy) is 4. The Balaban J connectivity index is 1.47. The van der Waals surface area contributed by atoms with Crippen molar-refractivity contribution < 1.29 is 48.0 Å². The normalized spacial score (nSPS) is 33.0. The molecule has 0 amide bonds. The van der Waals surface area contributed by atoms with Gasteiger partial charge in [0.05, 0.1) is 52.6 Å². The molecule has 3 aromatic rings. The van der Waals surface area contributed by atoms with Crippen LogP contribution in [0.1, 0.15) is 121 Å². The number of phenols is 1. The average molecular weight is 773 g/mol. The van der Waals surface area contributed by atoms with Crippen LogP contribution in [0.15, 0.2) is 39.6 Å². The van der Waals surface area contributed by atoms with Gasteiger partial charge in [-0.1, -0.05) is 12.2 Å². The molecule has 3 fully saturated rings. The zero-order chi connectivity index (χ0) is 40.9. The van der Waals surface area contributed by atoms with E-state index in [-0.39, 0.29) is 69.5 Å². The summed E-state index contributed by atoms with van der Waals surface area (Å²) in [6.45, 7) is 12.2. The van der Waals surface area contributed by atoms with E-state index in [0.717, 1.165) is 0 Å². The van der Waals surface area contributed by atoms with E-state index >= 15 is 9.59 Å². The van der Waals surface area contributed by atoms with Gasteiger partial charge < -0.3 is 43.4 Å². The molecular formula is C43H52N2O11. The van der Waals surface area contributed by atoms with Crippen LogP contribution in [0.2, 0.25) is 0 Å². The van der Waals surface area contributed by atoms with Crippen LogP contribution >= 0.6 is 0 Å². The van der Waals surface area contributed by atoms with E-state index in [2.05, 4.69) is 0 Å². The van der Waals surface area contributed by atoms with Gasteiger partial charge in [0.25, 0.3) is 0 Å². The lowest BCUT2D eigenvalue weighted by Crippen LogP contribution is -2.61. The molecular weight excluding hydrogens is 720 g/mol. The third kappa shape index (κ3) is 6.14. The molecule has 4 aliphatic rings. The number of hydrogen-bond acceptors (Lipinski definition) is 13. The number of benzene rings is 2. The molecule has 1 aliphatic carbocycles. The molecule has 7 rings (SSSR count). The summed E-state index contributed by atoms with van der Waals surface area (Å²) in [5, 5.41) is 23.6. The predicted octanol–water partition coefficient (Wildman–Crippen LogP) is 5.02. The topological polar surface area (TPSA) is 169 Å². The average Bonchev–Trinajstić information content (AvgIpc) is 3.78. The summed E-state index contributed by atoms with van der Waals surface area (Å²) in [6.07, 6.45) is -0.535.